The minimum atomic E-state index is -0.910. The lowest BCUT2D eigenvalue weighted by Crippen LogP contribution is -2.52. The van der Waals surface area contributed by atoms with E-state index in [1.54, 1.807) is 24.5 Å². The number of piperazine rings is 1. The van der Waals surface area contributed by atoms with Crippen molar-refractivity contribution in [2.45, 2.75) is 12.1 Å². The lowest BCUT2D eigenvalue weighted by molar-refractivity contribution is -0.136. The highest BCUT2D eigenvalue weighted by atomic mass is 79.9. The van der Waals surface area contributed by atoms with Gasteiger partial charge in [0.05, 0.1) is 8.95 Å². The van der Waals surface area contributed by atoms with Crippen molar-refractivity contribution in [2.75, 3.05) is 0 Å². The van der Waals surface area contributed by atoms with Crippen LogP contribution in [0.1, 0.15) is 23.2 Å². The van der Waals surface area contributed by atoms with E-state index in [9.17, 15) is 18.4 Å². The Hall–Kier alpha value is -2.56. The fourth-order valence-electron chi connectivity index (χ4n) is 3.80. The van der Waals surface area contributed by atoms with Crippen molar-refractivity contribution in [3.8, 4) is 0 Å². The second kappa shape index (κ2) is 7.00. The smallest absolute Gasteiger partial charge is 0.248 e. The molecule has 5 rings (SSSR count). The minimum absolute atomic E-state index is 0.296. The SMILES string of the molecule is O=C1NC(=O)C(c2c[nH]c3cc(Br)c(F)cc23)NC1c1c[nH]c2cc(Br)c(F)cc12. The minimum Gasteiger partial charge on any atom is -0.361 e. The summed E-state index contributed by atoms with van der Waals surface area (Å²) < 4.78 is 28.8. The van der Waals surface area contributed by atoms with Gasteiger partial charge in [-0.2, -0.15) is 0 Å². The molecule has 2 aromatic heterocycles. The van der Waals surface area contributed by atoms with Crippen LogP contribution in [0.25, 0.3) is 21.8 Å². The number of benzene rings is 2. The van der Waals surface area contributed by atoms with E-state index in [-0.39, 0.29) is 0 Å². The highest BCUT2D eigenvalue weighted by Gasteiger charge is 2.38. The van der Waals surface area contributed by atoms with Crippen LogP contribution in [-0.2, 0) is 9.59 Å². The van der Waals surface area contributed by atoms with Gasteiger partial charge < -0.3 is 9.97 Å². The summed E-state index contributed by atoms with van der Waals surface area (Å²) in [4.78, 5) is 31.2. The molecule has 30 heavy (non-hydrogen) atoms. The van der Waals surface area contributed by atoms with Gasteiger partial charge in [-0.25, -0.2) is 8.78 Å². The first kappa shape index (κ1) is 19.4. The molecular formula is C20H12Br2F2N4O2. The Morgan fingerprint density at radius 3 is 1.60 bits per heavy atom. The van der Waals surface area contributed by atoms with E-state index in [4.69, 9.17) is 0 Å². The predicted molar refractivity (Wildman–Crippen MR) is 114 cm³/mol. The average Bonchev–Trinajstić information content (AvgIpc) is 3.27. The van der Waals surface area contributed by atoms with E-state index in [0.717, 1.165) is 0 Å². The maximum atomic E-state index is 14.1. The van der Waals surface area contributed by atoms with Crippen molar-refractivity contribution >= 4 is 65.5 Å². The number of rotatable bonds is 2. The van der Waals surface area contributed by atoms with Crippen LogP contribution in [0.5, 0.6) is 0 Å². The summed E-state index contributed by atoms with van der Waals surface area (Å²) in [6.07, 6.45) is 3.21. The second-order valence-electron chi connectivity index (χ2n) is 7.00. The van der Waals surface area contributed by atoms with Crippen molar-refractivity contribution in [3.05, 3.63) is 68.4 Å². The Balaban J connectivity index is 1.59. The predicted octanol–water partition coefficient (Wildman–Crippen LogP) is 4.48. The number of H-pyrrole nitrogens is 2. The Morgan fingerprint density at radius 2 is 1.17 bits per heavy atom. The lowest BCUT2D eigenvalue weighted by Gasteiger charge is -2.29. The summed E-state index contributed by atoms with van der Waals surface area (Å²) >= 11 is 6.28. The number of nitrogens with one attached hydrogen (secondary N) is 4. The molecule has 2 unspecified atom stereocenters. The van der Waals surface area contributed by atoms with Crippen LogP contribution in [0, 0.1) is 11.6 Å². The van der Waals surface area contributed by atoms with Gasteiger partial charge in [-0.3, -0.25) is 20.2 Å². The lowest BCUT2D eigenvalue weighted by atomic mass is 9.97. The summed E-state index contributed by atoms with van der Waals surface area (Å²) in [5.74, 6) is -2.03. The van der Waals surface area contributed by atoms with Crippen molar-refractivity contribution in [3.63, 3.8) is 0 Å². The molecule has 3 heterocycles. The van der Waals surface area contributed by atoms with Crippen molar-refractivity contribution in [2.24, 2.45) is 0 Å². The van der Waals surface area contributed by atoms with Crippen molar-refractivity contribution in [1.29, 1.82) is 0 Å². The zero-order valence-electron chi connectivity index (χ0n) is 14.9. The fraction of sp³-hybridized carbons (Fsp3) is 0.100. The standard InChI is InChI=1S/C20H12Br2F2N4O2/c21-11-3-15-7(1-13(11)23)9(5-25-15)17-19(29)28-20(30)18(27-17)10-6-26-16-4-12(22)14(24)2-8(10)16/h1-6,17-18,25-27H,(H,28,29,30). The molecule has 1 fully saturated rings. The van der Waals surface area contributed by atoms with E-state index >= 15 is 0 Å². The van der Waals surface area contributed by atoms with E-state index in [0.29, 0.717) is 41.9 Å². The average molecular weight is 538 g/mol. The van der Waals surface area contributed by atoms with Crippen LogP contribution >= 0.6 is 31.9 Å². The third-order valence-corrected chi connectivity index (χ3v) is 6.45. The van der Waals surface area contributed by atoms with Crippen LogP contribution in [-0.4, -0.2) is 21.8 Å². The van der Waals surface area contributed by atoms with Gasteiger partial charge in [0.25, 0.3) is 0 Å². The number of aromatic nitrogens is 2. The highest BCUT2D eigenvalue weighted by molar-refractivity contribution is 9.10. The molecule has 2 aromatic carbocycles. The van der Waals surface area contributed by atoms with E-state index < -0.39 is 35.5 Å². The molecule has 2 atom stereocenters. The summed E-state index contributed by atoms with van der Waals surface area (Å²) in [7, 11) is 0. The molecule has 4 aromatic rings. The largest absolute Gasteiger partial charge is 0.361 e. The molecule has 1 aliphatic heterocycles. The number of carbonyl (C=O) groups is 2. The topological polar surface area (TPSA) is 89.8 Å². The molecule has 0 bridgehead atoms. The number of hydrogen-bond donors (Lipinski definition) is 4. The Kier molecular flexibility index (Phi) is 4.53. The van der Waals surface area contributed by atoms with Crippen LogP contribution in [0.2, 0.25) is 0 Å². The summed E-state index contributed by atoms with van der Waals surface area (Å²) in [6, 6.07) is 3.99. The third kappa shape index (κ3) is 2.98. The molecule has 6 nitrogen and oxygen atoms in total. The Morgan fingerprint density at radius 1 is 0.733 bits per heavy atom. The molecule has 1 saturated heterocycles. The van der Waals surface area contributed by atoms with Crippen LogP contribution < -0.4 is 10.6 Å². The quantitative estimate of drug-likeness (QED) is 0.284. The first-order valence-corrected chi connectivity index (χ1v) is 10.4. The molecule has 0 saturated carbocycles. The summed E-state index contributed by atoms with van der Waals surface area (Å²) in [5, 5.41) is 6.44. The van der Waals surface area contributed by atoms with E-state index in [2.05, 4.69) is 52.5 Å². The van der Waals surface area contributed by atoms with Gasteiger partial charge in [-0.15, -0.1) is 0 Å². The number of carbonyl (C=O) groups excluding carboxylic acids is 2. The van der Waals surface area contributed by atoms with Gasteiger partial charge in [0, 0.05) is 45.3 Å². The number of imide groups is 1. The Labute approximate surface area is 184 Å². The molecule has 1 aliphatic rings. The van der Waals surface area contributed by atoms with Crippen LogP contribution in [0.4, 0.5) is 8.78 Å². The van der Waals surface area contributed by atoms with Crippen molar-refractivity contribution < 1.29 is 18.4 Å². The van der Waals surface area contributed by atoms with Crippen LogP contribution in [0.3, 0.4) is 0 Å². The van der Waals surface area contributed by atoms with Gasteiger partial charge in [0.2, 0.25) is 11.8 Å². The van der Waals surface area contributed by atoms with Gasteiger partial charge in [-0.1, -0.05) is 0 Å². The van der Waals surface area contributed by atoms with Gasteiger partial charge >= 0.3 is 0 Å². The highest BCUT2D eigenvalue weighted by Crippen LogP contribution is 2.34. The molecule has 4 N–H and O–H groups in total. The van der Waals surface area contributed by atoms with Gasteiger partial charge in [0.15, 0.2) is 0 Å². The van der Waals surface area contributed by atoms with Crippen LogP contribution in [0.15, 0.2) is 45.6 Å². The first-order valence-electron chi connectivity index (χ1n) is 8.86. The first-order chi connectivity index (χ1) is 14.3. The summed E-state index contributed by atoms with van der Waals surface area (Å²) in [5.41, 5.74) is 2.28. The Bertz CT molecular complexity index is 1260. The summed E-state index contributed by atoms with van der Waals surface area (Å²) in [6.45, 7) is 0. The molecule has 10 heteroatoms. The molecular weight excluding hydrogens is 526 g/mol. The number of halogens is 4. The third-order valence-electron chi connectivity index (χ3n) is 5.24. The van der Waals surface area contributed by atoms with Gasteiger partial charge in [-0.05, 0) is 56.1 Å². The maximum absolute atomic E-state index is 14.1. The van der Waals surface area contributed by atoms with Gasteiger partial charge in [0.1, 0.15) is 23.7 Å². The fourth-order valence-corrected chi connectivity index (χ4v) is 4.49. The van der Waals surface area contributed by atoms with Crippen molar-refractivity contribution in [1.82, 2.24) is 20.6 Å². The molecule has 0 radical (unpaired) electrons. The number of hydrogen-bond acceptors (Lipinski definition) is 3. The van der Waals surface area contributed by atoms with E-state index in [1.807, 2.05) is 0 Å². The second-order valence-corrected chi connectivity index (χ2v) is 8.71. The maximum Gasteiger partial charge on any atom is 0.248 e. The molecule has 2 amide bonds. The monoisotopic (exact) mass is 536 g/mol. The number of amides is 2. The van der Waals surface area contributed by atoms with E-state index in [1.165, 1.54) is 12.1 Å². The zero-order chi connectivity index (χ0) is 21.2. The molecule has 0 aliphatic carbocycles. The molecule has 0 spiro atoms. The molecule has 152 valence electrons. The number of fused-ring (bicyclic) bond motifs is 2. The number of aromatic amines is 2. The normalized spacial score (nSPS) is 19.6. The zero-order valence-corrected chi connectivity index (χ0v) is 18.1.